The highest BCUT2D eigenvalue weighted by Crippen LogP contribution is 2.35. The molecule has 22 heavy (non-hydrogen) atoms. The van der Waals surface area contributed by atoms with Crippen LogP contribution in [0.3, 0.4) is 0 Å². The summed E-state index contributed by atoms with van der Waals surface area (Å²) in [5, 5.41) is 27.7. The van der Waals surface area contributed by atoms with Gasteiger partial charge in [0, 0.05) is 17.5 Å². The third-order valence-electron chi connectivity index (χ3n) is 3.84. The Morgan fingerprint density at radius 3 is 2.68 bits per heavy atom. The van der Waals surface area contributed by atoms with Crippen molar-refractivity contribution in [1.82, 2.24) is 10.2 Å². The Bertz CT molecular complexity index is 741. The summed E-state index contributed by atoms with van der Waals surface area (Å²) < 4.78 is 0. The highest BCUT2D eigenvalue weighted by atomic mass is 16.3. The molecule has 1 aromatic heterocycles. The van der Waals surface area contributed by atoms with Crippen LogP contribution in [-0.4, -0.2) is 20.4 Å². The van der Waals surface area contributed by atoms with E-state index in [9.17, 15) is 10.2 Å². The van der Waals surface area contributed by atoms with Gasteiger partial charge in [-0.3, -0.25) is 5.10 Å². The van der Waals surface area contributed by atoms with Gasteiger partial charge in [0.15, 0.2) is 0 Å². The van der Waals surface area contributed by atoms with E-state index < -0.39 is 5.60 Å². The van der Waals surface area contributed by atoms with E-state index in [1.165, 1.54) is 0 Å². The lowest BCUT2D eigenvalue weighted by molar-refractivity contribution is 0.0860. The summed E-state index contributed by atoms with van der Waals surface area (Å²) in [5.41, 5.74) is 2.19. The van der Waals surface area contributed by atoms with E-state index >= 15 is 0 Å². The normalized spacial score (nSPS) is 20.2. The maximum Gasteiger partial charge on any atom is 0.128 e. The van der Waals surface area contributed by atoms with Crippen molar-refractivity contribution < 1.29 is 10.2 Å². The zero-order valence-corrected chi connectivity index (χ0v) is 12.2. The van der Waals surface area contributed by atoms with Crippen molar-refractivity contribution in [3.63, 3.8) is 0 Å². The molecule has 0 amide bonds. The Morgan fingerprint density at radius 1 is 1.27 bits per heavy atom. The predicted molar refractivity (Wildman–Crippen MR) is 86.4 cm³/mol. The summed E-state index contributed by atoms with van der Waals surface area (Å²) in [5.74, 6) is 0.212. The summed E-state index contributed by atoms with van der Waals surface area (Å²) in [6, 6.07) is 6.86. The highest BCUT2D eigenvalue weighted by molar-refractivity contribution is 5.66. The quantitative estimate of drug-likeness (QED) is 0.758. The smallest absolute Gasteiger partial charge is 0.128 e. The van der Waals surface area contributed by atoms with Gasteiger partial charge in [0.25, 0.3) is 0 Å². The topological polar surface area (TPSA) is 69.1 Å². The molecule has 3 rings (SSSR count). The van der Waals surface area contributed by atoms with Crippen LogP contribution < -0.4 is 0 Å². The molecular formula is C18H18N2O2. The van der Waals surface area contributed by atoms with Gasteiger partial charge in [-0.15, -0.1) is 6.58 Å². The molecule has 0 fully saturated rings. The van der Waals surface area contributed by atoms with E-state index in [1.54, 1.807) is 24.3 Å². The fraction of sp³-hybridized carbons (Fsp3) is 0.167. The predicted octanol–water partition coefficient (Wildman–Crippen LogP) is 3.21. The minimum absolute atomic E-state index is 0.212. The zero-order valence-electron chi connectivity index (χ0n) is 12.2. The van der Waals surface area contributed by atoms with Gasteiger partial charge in [-0.2, -0.15) is 5.10 Å². The first kappa shape index (κ1) is 14.4. The summed E-state index contributed by atoms with van der Waals surface area (Å²) >= 11 is 0. The molecule has 0 radical (unpaired) electrons. The Labute approximate surface area is 129 Å². The standard InChI is InChI=1S/C18H18N2O2/c1-2-6-15-16(13-7-9-14(21)10-8-13)19-20-17(15)18(22)11-4-3-5-12-18/h2-5,7-11,21-22H,1,6,12H2,(H,19,20). The second-order valence-electron chi connectivity index (χ2n) is 5.38. The van der Waals surface area contributed by atoms with Gasteiger partial charge in [0.05, 0.1) is 11.4 Å². The summed E-state index contributed by atoms with van der Waals surface area (Å²) in [6.07, 6.45) is 10.4. The van der Waals surface area contributed by atoms with Crippen LogP contribution in [0.2, 0.25) is 0 Å². The maximum absolute atomic E-state index is 10.9. The van der Waals surface area contributed by atoms with Crippen molar-refractivity contribution in [2.45, 2.75) is 18.4 Å². The number of benzene rings is 1. The van der Waals surface area contributed by atoms with Gasteiger partial charge in [-0.1, -0.05) is 24.3 Å². The van der Waals surface area contributed by atoms with E-state index in [2.05, 4.69) is 16.8 Å². The Hall–Kier alpha value is -2.59. The molecule has 1 atom stereocenters. The van der Waals surface area contributed by atoms with Gasteiger partial charge in [-0.25, -0.2) is 0 Å². The van der Waals surface area contributed by atoms with Crippen molar-refractivity contribution in [2.75, 3.05) is 0 Å². The molecule has 0 saturated heterocycles. The fourth-order valence-electron chi connectivity index (χ4n) is 2.72. The summed E-state index contributed by atoms with van der Waals surface area (Å²) in [7, 11) is 0. The molecule has 1 aliphatic rings. The van der Waals surface area contributed by atoms with E-state index in [4.69, 9.17) is 0 Å². The van der Waals surface area contributed by atoms with E-state index in [-0.39, 0.29) is 5.75 Å². The minimum atomic E-state index is -1.07. The largest absolute Gasteiger partial charge is 0.508 e. The first-order valence-corrected chi connectivity index (χ1v) is 7.19. The number of nitrogens with one attached hydrogen (secondary N) is 1. The minimum Gasteiger partial charge on any atom is -0.508 e. The third-order valence-corrected chi connectivity index (χ3v) is 3.84. The number of phenols is 1. The first-order chi connectivity index (χ1) is 10.6. The second kappa shape index (κ2) is 5.66. The average molecular weight is 294 g/mol. The number of aromatic nitrogens is 2. The molecule has 2 aromatic rings. The molecule has 112 valence electrons. The van der Waals surface area contributed by atoms with Crippen molar-refractivity contribution in [3.05, 3.63) is 72.5 Å². The van der Waals surface area contributed by atoms with Crippen LogP contribution in [0.5, 0.6) is 5.75 Å². The van der Waals surface area contributed by atoms with Crippen LogP contribution in [0, 0.1) is 0 Å². The van der Waals surface area contributed by atoms with Gasteiger partial charge in [-0.05, 0) is 36.8 Å². The van der Waals surface area contributed by atoms with Gasteiger partial charge in [0.1, 0.15) is 11.4 Å². The number of aliphatic hydroxyl groups is 1. The lowest BCUT2D eigenvalue weighted by Crippen LogP contribution is -2.25. The lowest BCUT2D eigenvalue weighted by Gasteiger charge is -2.25. The van der Waals surface area contributed by atoms with Crippen LogP contribution in [0.1, 0.15) is 17.7 Å². The van der Waals surface area contributed by atoms with Gasteiger partial charge >= 0.3 is 0 Å². The molecule has 0 spiro atoms. The third kappa shape index (κ3) is 2.49. The number of nitrogens with zero attached hydrogens (tertiary/aromatic N) is 1. The number of rotatable bonds is 4. The second-order valence-corrected chi connectivity index (χ2v) is 5.38. The highest BCUT2D eigenvalue weighted by Gasteiger charge is 2.32. The van der Waals surface area contributed by atoms with E-state index in [1.807, 2.05) is 30.4 Å². The molecular weight excluding hydrogens is 276 g/mol. The van der Waals surface area contributed by atoms with Crippen LogP contribution in [0.4, 0.5) is 0 Å². The average Bonchev–Trinajstić information content (AvgIpc) is 2.94. The number of allylic oxidation sites excluding steroid dienone is 3. The van der Waals surface area contributed by atoms with Crippen LogP contribution in [0.25, 0.3) is 11.3 Å². The van der Waals surface area contributed by atoms with Crippen molar-refractivity contribution in [3.8, 4) is 17.0 Å². The molecule has 1 aromatic carbocycles. The van der Waals surface area contributed by atoms with Gasteiger partial charge < -0.3 is 10.2 Å². The molecule has 1 heterocycles. The Balaban J connectivity index is 2.09. The number of phenolic OH excluding ortho intramolecular Hbond substituents is 1. The number of aromatic hydroxyl groups is 1. The molecule has 1 aliphatic carbocycles. The number of H-pyrrole nitrogens is 1. The Morgan fingerprint density at radius 2 is 2.05 bits per heavy atom. The molecule has 0 bridgehead atoms. The van der Waals surface area contributed by atoms with Crippen molar-refractivity contribution >= 4 is 0 Å². The summed E-state index contributed by atoms with van der Waals surface area (Å²) in [4.78, 5) is 0. The molecule has 1 unspecified atom stereocenters. The van der Waals surface area contributed by atoms with Crippen molar-refractivity contribution in [1.29, 1.82) is 0 Å². The summed E-state index contributed by atoms with van der Waals surface area (Å²) in [6.45, 7) is 3.80. The van der Waals surface area contributed by atoms with Crippen LogP contribution in [0.15, 0.2) is 61.2 Å². The molecule has 4 heteroatoms. The van der Waals surface area contributed by atoms with Crippen molar-refractivity contribution in [2.24, 2.45) is 0 Å². The van der Waals surface area contributed by atoms with E-state index in [0.717, 1.165) is 16.8 Å². The monoisotopic (exact) mass is 294 g/mol. The van der Waals surface area contributed by atoms with E-state index in [0.29, 0.717) is 18.5 Å². The first-order valence-electron chi connectivity index (χ1n) is 7.19. The van der Waals surface area contributed by atoms with Crippen LogP contribution in [-0.2, 0) is 12.0 Å². The maximum atomic E-state index is 10.9. The zero-order chi connectivity index (χ0) is 15.6. The molecule has 0 aliphatic heterocycles. The number of hydrogen-bond donors (Lipinski definition) is 3. The number of aromatic amines is 1. The lowest BCUT2D eigenvalue weighted by atomic mass is 9.87. The molecule has 4 nitrogen and oxygen atoms in total. The SMILES string of the molecule is C=CCc1c(-c2ccc(O)cc2)n[nH]c1C1(O)C=CC=CC1. The molecule has 3 N–H and O–H groups in total. The van der Waals surface area contributed by atoms with Gasteiger partial charge in [0.2, 0.25) is 0 Å². The fourth-order valence-corrected chi connectivity index (χ4v) is 2.72. The Kier molecular flexibility index (Phi) is 3.69. The molecule has 0 saturated carbocycles. The number of hydrogen-bond acceptors (Lipinski definition) is 3. The van der Waals surface area contributed by atoms with Crippen LogP contribution >= 0.6 is 0 Å².